The number of rotatable bonds is 3. The number of hydrogen-bond acceptors (Lipinski definition) is 4. The van der Waals surface area contributed by atoms with Crippen molar-refractivity contribution in [3.63, 3.8) is 0 Å². The molecule has 1 amide bonds. The number of carboxylic acids is 1. The van der Waals surface area contributed by atoms with Crippen LogP contribution in [0, 0.1) is 0 Å². The Morgan fingerprint density at radius 2 is 2.32 bits per heavy atom. The summed E-state index contributed by atoms with van der Waals surface area (Å²) in [4.78, 5) is 22.2. The lowest BCUT2D eigenvalue weighted by atomic mass is 9.92. The second-order valence-electron chi connectivity index (χ2n) is 4.25. The Kier molecular flexibility index (Phi) is 3.89. The molecule has 6 nitrogen and oxygen atoms in total. The third-order valence-electron chi connectivity index (χ3n) is 3.03. The maximum Gasteiger partial charge on any atom is 0.407 e. The Hall–Kier alpha value is -2.24. The number of methoxy groups -OCH3 is 1. The van der Waals surface area contributed by atoms with Gasteiger partial charge in [-0.25, -0.2) is 4.79 Å². The standard InChI is InChI=1S/C13H15NO5/c1-18-13(17)14-7-8-2-3-11-10(6-8)9(12(15)16)4-5-19-11/h2-3,6,9H,4-5,7H2,1H3,(H,14,17)(H,15,16). The molecule has 1 aromatic carbocycles. The normalized spacial score (nSPS) is 17.0. The summed E-state index contributed by atoms with van der Waals surface area (Å²) in [5.74, 6) is -0.815. The molecule has 102 valence electrons. The molecular formula is C13H15NO5. The first-order valence-corrected chi connectivity index (χ1v) is 5.92. The summed E-state index contributed by atoms with van der Waals surface area (Å²) in [5.41, 5.74) is 1.46. The lowest BCUT2D eigenvalue weighted by Crippen LogP contribution is -2.24. The average molecular weight is 265 g/mol. The van der Waals surface area contributed by atoms with Crippen LogP contribution in [0.25, 0.3) is 0 Å². The number of carboxylic acid groups (broad SMARTS) is 1. The van der Waals surface area contributed by atoms with Gasteiger partial charge in [-0.2, -0.15) is 0 Å². The molecule has 0 aromatic heterocycles. The molecule has 1 aliphatic rings. The summed E-state index contributed by atoms with van der Waals surface area (Å²) in [6.07, 6.45) is -0.0697. The van der Waals surface area contributed by atoms with Crippen molar-refractivity contribution in [1.29, 1.82) is 0 Å². The molecule has 0 saturated carbocycles. The van der Waals surface area contributed by atoms with Gasteiger partial charge in [-0.3, -0.25) is 4.79 Å². The van der Waals surface area contributed by atoms with Crippen molar-refractivity contribution in [3.8, 4) is 5.75 Å². The van der Waals surface area contributed by atoms with Crippen LogP contribution in [0.3, 0.4) is 0 Å². The van der Waals surface area contributed by atoms with Crippen LogP contribution in [0.1, 0.15) is 23.5 Å². The van der Waals surface area contributed by atoms with Crippen molar-refractivity contribution < 1.29 is 24.2 Å². The molecule has 0 radical (unpaired) electrons. The molecule has 1 unspecified atom stereocenters. The van der Waals surface area contributed by atoms with Gasteiger partial charge in [0, 0.05) is 12.1 Å². The van der Waals surface area contributed by atoms with Gasteiger partial charge in [-0.05, 0) is 24.1 Å². The number of nitrogens with one attached hydrogen (secondary N) is 1. The number of carbonyl (C=O) groups is 2. The predicted octanol–water partition coefficient (Wildman–Crippen LogP) is 1.49. The molecule has 0 spiro atoms. The third-order valence-corrected chi connectivity index (χ3v) is 3.03. The van der Waals surface area contributed by atoms with Crippen LogP contribution in [0.5, 0.6) is 5.75 Å². The first-order chi connectivity index (χ1) is 9.11. The molecule has 1 aliphatic heterocycles. The van der Waals surface area contributed by atoms with Crippen LogP contribution in [0.4, 0.5) is 4.79 Å². The molecule has 0 bridgehead atoms. The number of carbonyl (C=O) groups excluding carboxylic acids is 1. The van der Waals surface area contributed by atoms with Crippen molar-refractivity contribution in [1.82, 2.24) is 5.32 Å². The minimum Gasteiger partial charge on any atom is -0.493 e. The number of fused-ring (bicyclic) bond motifs is 1. The predicted molar refractivity (Wildman–Crippen MR) is 66.2 cm³/mol. The molecule has 0 aliphatic carbocycles. The lowest BCUT2D eigenvalue weighted by Gasteiger charge is -2.23. The highest BCUT2D eigenvalue weighted by Crippen LogP contribution is 2.34. The average Bonchev–Trinajstić information content (AvgIpc) is 2.43. The Balaban J connectivity index is 2.18. The largest absolute Gasteiger partial charge is 0.493 e. The maximum absolute atomic E-state index is 11.2. The van der Waals surface area contributed by atoms with Crippen molar-refractivity contribution in [2.75, 3.05) is 13.7 Å². The van der Waals surface area contributed by atoms with Crippen LogP contribution in [-0.4, -0.2) is 30.9 Å². The van der Waals surface area contributed by atoms with E-state index < -0.39 is 18.0 Å². The van der Waals surface area contributed by atoms with E-state index in [1.54, 1.807) is 18.2 Å². The van der Waals surface area contributed by atoms with E-state index in [2.05, 4.69) is 10.1 Å². The fourth-order valence-corrected chi connectivity index (χ4v) is 2.06. The van der Waals surface area contributed by atoms with Crippen LogP contribution in [0.2, 0.25) is 0 Å². The molecule has 2 rings (SSSR count). The van der Waals surface area contributed by atoms with Crippen molar-refractivity contribution >= 4 is 12.1 Å². The van der Waals surface area contributed by atoms with Gasteiger partial charge in [0.05, 0.1) is 19.6 Å². The fourth-order valence-electron chi connectivity index (χ4n) is 2.06. The van der Waals surface area contributed by atoms with Crippen molar-refractivity contribution in [2.45, 2.75) is 18.9 Å². The summed E-state index contributed by atoms with van der Waals surface area (Å²) >= 11 is 0. The van der Waals surface area contributed by atoms with Gasteiger partial charge in [0.1, 0.15) is 5.75 Å². The highest BCUT2D eigenvalue weighted by Gasteiger charge is 2.27. The summed E-state index contributed by atoms with van der Waals surface area (Å²) < 4.78 is 9.91. The Morgan fingerprint density at radius 3 is 3.00 bits per heavy atom. The zero-order valence-corrected chi connectivity index (χ0v) is 10.5. The highest BCUT2D eigenvalue weighted by molar-refractivity contribution is 5.77. The molecule has 0 saturated heterocycles. The SMILES string of the molecule is COC(=O)NCc1ccc2c(c1)C(C(=O)O)CCO2. The number of ether oxygens (including phenoxy) is 2. The molecular weight excluding hydrogens is 250 g/mol. The van der Waals surface area contributed by atoms with Crippen LogP contribution >= 0.6 is 0 Å². The number of amides is 1. The van der Waals surface area contributed by atoms with Gasteiger partial charge in [-0.1, -0.05) is 6.07 Å². The van der Waals surface area contributed by atoms with Crippen LogP contribution in [0.15, 0.2) is 18.2 Å². The van der Waals surface area contributed by atoms with E-state index in [0.717, 1.165) is 5.56 Å². The molecule has 1 heterocycles. The minimum atomic E-state index is -0.859. The van der Waals surface area contributed by atoms with E-state index in [4.69, 9.17) is 4.74 Å². The lowest BCUT2D eigenvalue weighted by molar-refractivity contribution is -0.139. The van der Waals surface area contributed by atoms with E-state index in [0.29, 0.717) is 24.3 Å². The number of aliphatic carboxylic acids is 1. The maximum atomic E-state index is 11.2. The van der Waals surface area contributed by atoms with E-state index in [1.807, 2.05) is 0 Å². The summed E-state index contributed by atoms with van der Waals surface area (Å²) in [5, 5.41) is 11.7. The first kappa shape index (κ1) is 13.2. The van der Waals surface area contributed by atoms with E-state index in [9.17, 15) is 14.7 Å². The molecule has 1 atom stereocenters. The topological polar surface area (TPSA) is 84.9 Å². The third kappa shape index (κ3) is 2.96. The molecule has 0 fully saturated rings. The van der Waals surface area contributed by atoms with Crippen LogP contribution in [-0.2, 0) is 16.1 Å². The second-order valence-corrected chi connectivity index (χ2v) is 4.25. The number of hydrogen-bond donors (Lipinski definition) is 2. The zero-order valence-electron chi connectivity index (χ0n) is 10.5. The Morgan fingerprint density at radius 1 is 1.53 bits per heavy atom. The number of benzene rings is 1. The van der Waals surface area contributed by atoms with Gasteiger partial charge in [-0.15, -0.1) is 0 Å². The summed E-state index contributed by atoms with van der Waals surface area (Å²) in [6, 6.07) is 5.28. The van der Waals surface area contributed by atoms with Gasteiger partial charge in [0.25, 0.3) is 0 Å². The monoisotopic (exact) mass is 265 g/mol. The molecule has 6 heteroatoms. The summed E-state index contributed by atoms with van der Waals surface area (Å²) in [7, 11) is 1.29. The molecule has 2 N–H and O–H groups in total. The second kappa shape index (κ2) is 5.60. The van der Waals surface area contributed by atoms with E-state index in [-0.39, 0.29) is 6.54 Å². The van der Waals surface area contributed by atoms with Gasteiger partial charge < -0.3 is 19.9 Å². The first-order valence-electron chi connectivity index (χ1n) is 5.92. The van der Waals surface area contributed by atoms with Gasteiger partial charge >= 0.3 is 12.1 Å². The summed E-state index contributed by atoms with van der Waals surface area (Å²) in [6.45, 7) is 0.690. The quantitative estimate of drug-likeness (QED) is 0.865. The Bertz CT molecular complexity index is 500. The van der Waals surface area contributed by atoms with Crippen molar-refractivity contribution in [2.24, 2.45) is 0 Å². The van der Waals surface area contributed by atoms with Crippen molar-refractivity contribution in [3.05, 3.63) is 29.3 Å². The Labute approximate surface area is 110 Å². The minimum absolute atomic E-state index is 0.284. The highest BCUT2D eigenvalue weighted by atomic mass is 16.5. The molecule has 19 heavy (non-hydrogen) atoms. The van der Waals surface area contributed by atoms with Gasteiger partial charge in [0.15, 0.2) is 0 Å². The molecule has 1 aromatic rings. The van der Waals surface area contributed by atoms with Gasteiger partial charge in [0.2, 0.25) is 0 Å². The van der Waals surface area contributed by atoms with E-state index in [1.165, 1.54) is 7.11 Å². The van der Waals surface area contributed by atoms with Crippen LogP contribution < -0.4 is 10.1 Å². The zero-order chi connectivity index (χ0) is 13.8. The van der Waals surface area contributed by atoms with E-state index >= 15 is 0 Å². The number of alkyl carbamates (subject to hydrolysis) is 1. The fraction of sp³-hybridized carbons (Fsp3) is 0.385. The smallest absolute Gasteiger partial charge is 0.407 e.